The minimum Gasteiger partial charge on any atom is -0.481 e. The molecular weight excluding hydrogens is 276 g/mol. The summed E-state index contributed by atoms with van der Waals surface area (Å²) in [5.41, 5.74) is -0.691. The van der Waals surface area contributed by atoms with Crippen molar-refractivity contribution in [1.82, 2.24) is 4.98 Å². The zero-order chi connectivity index (χ0) is 15.9. The van der Waals surface area contributed by atoms with E-state index in [1.165, 1.54) is 13.3 Å². The quantitative estimate of drug-likeness (QED) is 0.746. The third kappa shape index (κ3) is 4.45. The number of carboxylic acid groups (broad SMARTS) is 2. The van der Waals surface area contributed by atoms with Crippen LogP contribution in [0.2, 0.25) is 0 Å². The largest absolute Gasteiger partial charge is 0.481 e. The van der Waals surface area contributed by atoms with Gasteiger partial charge in [-0.25, -0.2) is 4.98 Å². The Morgan fingerprint density at radius 3 is 2.19 bits per heavy atom. The van der Waals surface area contributed by atoms with Gasteiger partial charge in [0.1, 0.15) is 0 Å². The third-order valence-corrected chi connectivity index (χ3v) is 3.24. The van der Waals surface area contributed by atoms with Crippen LogP contribution in [0.4, 0.5) is 0 Å². The van der Waals surface area contributed by atoms with Crippen LogP contribution in [0.25, 0.3) is 0 Å². The zero-order valence-corrected chi connectivity index (χ0v) is 11.6. The number of pyridine rings is 1. The Balaban J connectivity index is 3.10. The van der Waals surface area contributed by atoms with Gasteiger partial charge >= 0.3 is 11.9 Å². The van der Waals surface area contributed by atoms with E-state index < -0.39 is 17.4 Å². The van der Waals surface area contributed by atoms with Gasteiger partial charge < -0.3 is 14.9 Å². The van der Waals surface area contributed by atoms with Gasteiger partial charge in [-0.05, 0) is 18.4 Å². The van der Waals surface area contributed by atoms with Crippen molar-refractivity contribution in [3.63, 3.8) is 0 Å². The Hall–Kier alpha value is -2.62. The molecule has 21 heavy (non-hydrogen) atoms. The second-order valence-corrected chi connectivity index (χ2v) is 4.57. The van der Waals surface area contributed by atoms with Crippen molar-refractivity contribution < 1.29 is 24.5 Å². The van der Waals surface area contributed by atoms with Crippen molar-refractivity contribution in [3.8, 4) is 11.9 Å². The van der Waals surface area contributed by atoms with Crippen LogP contribution < -0.4 is 4.74 Å². The fourth-order valence-electron chi connectivity index (χ4n) is 2.01. The summed E-state index contributed by atoms with van der Waals surface area (Å²) in [6.07, 6.45) is 1.03. The number of aliphatic carboxylic acids is 2. The van der Waals surface area contributed by atoms with Crippen LogP contribution in [0.1, 0.15) is 31.2 Å². The van der Waals surface area contributed by atoms with Gasteiger partial charge in [0.15, 0.2) is 0 Å². The number of aromatic nitrogens is 1. The van der Waals surface area contributed by atoms with Crippen molar-refractivity contribution in [1.29, 1.82) is 5.26 Å². The van der Waals surface area contributed by atoms with Crippen molar-refractivity contribution >= 4 is 11.9 Å². The van der Waals surface area contributed by atoms with Crippen LogP contribution in [0.5, 0.6) is 5.88 Å². The molecule has 1 aromatic rings. The molecule has 0 aliphatic heterocycles. The van der Waals surface area contributed by atoms with Gasteiger partial charge in [0, 0.05) is 25.1 Å². The van der Waals surface area contributed by atoms with Gasteiger partial charge in [-0.15, -0.1) is 0 Å². The van der Waals surface area contributed by atoms with Crippen LogP contribution >= 0.6 is 0 Å². The highest BCUT2D eigenvalue weighted by molar-refractivity contribution is 5.68. The average Bonchev–Trinajstić information content (AvgIpc) is 2.48. The summed E-state index contributed by atoms with van der Waals surface area (Å²) in [6, 6.07) is 5.24. The molecule has 0 radical (unpaired) electrons. The van der Waals surface area contributed by atoms with Crippen molar-refractivity contribution in [3.05, 3.63) is 23.9 Å². The number of methoxy groups -OCH3 is 1. The van der Waals surface area contributed by atoms with E-state index in [0.717, 1.165) is 0 Å². The minimum absolute atomic E-state index is 0.0279. The monoisotopic (exact) mass is 292 g/mol. The molecule has 0 aliphatic carbocycles. The number of rotatable bonds is 8. The van der Waals surface area contributed by atoms with E-state index in [1.54, 1.807) is 12.1 Å². The summed E-state index contributed by atoms with van der Waals surface area (Å²) in [5.74, 6) is -1.71. The molecule has 0 atom stereocenters. The molecule has 0 fully saturated rings. The lowest BCUT2D eigenvalue weighted by molar-refractivity contribution is -0.137. The smallest absolute Gasteiger partial charge is 0.303 e. The molecule has 1 aromatic heterocycles. The number of nitrogens with zero attached hydrogens (tertiary/aromatic N) is 2. The van der Waals surface area contributed by atoms with Crippen molar-refractivity contribution in [2.24, 2.45) is 0 Å². The van der Waals surface area contributed by atoms with Crippen LogP contribution in [0, 0.1) is 11.3 Å². The predicted octanol–water partition coefficient (Wildman–Crippen LogP) is 1.58. The first-order valence-corrected chi connectivity index (χ1v) is 6.29. The maximum Gasteiger partial charge on any atom is 0.303 e. The number of ether oxygens (including phenoxy) is 1. The first kappa shape index (κ1) is 16.4. The first-order valence-electron chi connectivity index (χ1n) is 6.29. The fourth-order valence-corrected chi connectivity index (χ4v) is 2.01. The van der Waals surface area contributed by atoms with Gasteiger partial charge in [-0.3, -0.25) is 9.59 Å². The van der Waals surface area contributed by atoms with Crippen LogP contribution in [0.3, 0.4) is 0 Å². The fraction of sp³-hybridized carbons (Fsp3) is 0.429. The Labute approximate surface area is 121 Å². The van der Waals surface area contributed by atoms with E-state index in [2.05, 4.69) is 11.1 Å². The molecule has 0 aromatic carbocycles. The first-order chi connectivity index (χ1) is 9.93. The normalized spacial score (nSPS) is 10.7. The molecule has 0 bridgehead atoms. The molecule has 7 nitrogen and oxygen atoms in total. The Bertz CT molecular complexity index is 529. The molecule has 0 unspecified atom stereocenters. The Kier molecular flexibility index (Phi) is 5.67. The van der Waals surface area contributed by atoms with Gasteiger partial charge in [-0.2, -0.15) is 5.26 Å². The Morgan fingerprint density at radius 2 is 1.86 bits per heavy atom. The third-order valence-electron chi connectivity index (χ3n) is 3.24. The molecule has 7 heteroatoms. The summed E-state index contributed by atoms with van der Waals surface area (Å²) in [6.45, 7) is 0. The van der Waals surface area contributed by atoms with E-state index in [4.69, 9.17) is 14.9 Å². The highest BCUT2D eigenvalue weighted by Crippen LogP contribution is 2.34. The lowest BCUT2D eigenvalue weighted by atomic mass is 9.75. The molecule has 1 rings (SSSR count). The van der Waals surface area contributed by atoms with E-state index in [9.17, 15) is 14.9 Å². The molecule has 0 spiro atoms. The number of nitriles is 1. The van der Waals surface area contributed by atoms with E-state index in [0.29, 0.717) is 11.4 Å². The Morgan fingerprint density at radius 1 is 1.29 bits per heavy atom. The van der Waals surface area contributed by atoms with Gasteiger partial charge in [0.05, 0.1) is 18.6 Å². The molecule has 2 N–H and O–H groups in total. The van der Waals surface area contributed by atoms with Crippen LogP contribution in [0.15, 0.2) is 18.3 Å². The van der Waals surface area contributed by atoms with Crippen molar-refractivity contribution in [2.45, 2.75) is 31.1 Å². The molecule has 112 valence electrons. The molecule has 1 heterocycles. The minimum atomic E-state index is -1.18. The second kappa shape index (κ2) is 7.24. The lowest BCUT2D eigenvalue weighted by Gasteiger charge is -2.25. The second-order valence-electron chi connectivity index (χ2n) is 4.57. The maximum absolute atomic E-state index is 10.8. The average molecular weight is 292 g/mol. The SMILES string of the molecule is COc1ccc(C(C#N)(CCC(=O)O)CCC(=O)O)cn1. The lowest BCUT2D eigenvalue weighted by Crippen LogP contribution is -2.26. The molecule has 0 amide bonds. The number of hydrogen-bond acceptors (Lipinski definition) is 5. The number of hydrogen-bond donors (Lipinski definition) is 2. The summed E-state index contributed by atoms with van der Waals surface area (Å²) in [7, 11) is 1.45. The summed E-state index contributed by atoms with van der Waals surface area (Å²) < 4.78 is 4.93. The topological polar surface area (TPSA) is 121 Å². The molecule has 0 saturated carbocycles. The van der Waals surface area contributed by atoms with Crippen LogP contribution in [-0.2, 0) is 15.0 Å². The zero-order valence-electron chi connectivity index (χ0n) is 11.6. The summed E-state index contributed by atoms with van der Waals surface area (Å²) in [5, 5.41) is 27.1. The standard InChI is InChI=1S/C14H16N2O5/c1-21-11-3-2-10(8-16-11)14(9-15,6-4-12(17)18)7-5-13(19)20/h2-3,8H,4-7H2,1H3,(H,17,18)(H,19,20). The van der Waals surface area contributed by atoms with Gasteiger partial charge in [-0.1, -0.05) is 6.07 Å². The van der Waals surface area contributed by atoms with Crippen molar-refractivity contribution in [2.75, 3.05) is 7.11 Å². The maximum atomic E-state index is 10.8. The summed E-state index contributed by atoms with van der Waals surface area (Å²) >= 11 is 0. The van der Waals surface area contributed by atoms with E-state index in [1.807, 2.05) is 0 Å². The van der Waals surface area contributed by atoms with Gasteiger partial charge in [0.2, 0.25) is 5.88 Å². The predicted molar refractivity (Wildman–Crippen MR) is 71.8 cm³/mol. The summed E-state index contributed by atoms with van der Waals surface area (Å²) in [4.78, 5) is 25.5. The highest BCUT2D eigenvalue weighted by Gasteiger charge is 2.34. The van der Waals surface area contributed by atoms with E-state index >= 15 is 0 Å². The number of carbonyl (C=O) groups is 2. The molecular formula is C14H16N2O5. The van der Waals surface area contributed by atoms with Gasteiger partial charge in [0.25, 0.3) is 0 Å². The molecule has 0 saturated heterocycles. The van der Waals surface area contributed by atoms with E-state index in [-0.39, 0.29) is 25.7 Å². The number of carboxylic acids is 2. The highest BCUT2D eigenvalue weighted by atomic mass is 16.5. The van der Waals surface area contributed by atoms with Crippen LogP contribution in [-0.4, -0.2) is 34.2 Å². The molecule has 0 aliphatic rings.